The van der Waals surface area contributed by atoms with Gasteiger partial charge < -0.3 is 0 Å². The van der Waals surface area contributed by atoms with Gasteiger partial charge in [-0.2, -0.15) is 8.42 Å². The molecule has 224 valence electrons. The molecular weight excluding hydrogens is 580 g/mol. The highest BCUT2D eigenvalue weighted by molar-refractivity contribution is 7.86. The first-order valence-corrected chi connectivity index (χ1v) is 15.6. The number of imide groups is 2. The van der Waals surface area contributed by atoms with Crippen molar-refractivity contribution in [2.75, 3.05) is 4.90 Å². The fourth-order valence-electron chi connectivity index (χ4n) is 6.11. The van der Waals surface area contributed by atoms with E-state index in [0.29, 0.717) is 16.5 Å². The standard InChI is InChI=1S/C34H30N2O7S/c1-17(2)35-30(37)23-11-13-25-29-26(14-12-24(28(23)29)31(35)38)33(40)36(32(25)39)20-8-10-21(18(3)15-20)22-9-7-19(34(4,5)6)16-27(22)44(41,42)43/h7-17H,1-6H3,(H,41,42,43). The molecule has 2 aliphatic heterocycles. The quantitative estimate of drug-likeness (QED) is 0.216. The zero-order valence-electron chi connectivity index (χ0n) is 25.1. The third kappa shape index (κ3) is 4.28. The maximum absolute atomic E-state index is 13.9. The zero-order chi connectivity index (χ0) is 32.0. The molecule has 0 radical (unpaired) electrons. The summed E-state index contributed by atoms with van der Waals surface area (Å²) in [5, 5.41) is 0.581. The van der Waals surface area contributed by atoms with E-state index >= 15 is 0 Å². The van der Waals surface area contributed by atoms with E-state index in [-0.39, 0.29) is 55.2 Å². The van der Waals surface area contributed by atoms with Crippen molar-refractivity contribution in [3.8, 4) is 11.1 Å². The number of hydrogen-bond donors (Lipinski definition) is 1. The van der Waals surface area contributed by atoms with Gasteiger partial charge in [0.05, 0.1) is 5.69 Å². The second-order valence-electron chi connectivity index (χ2n) is 12.5. The normalized spacial score (nSPS) is 15.2. The lowest BCUT2D eigenvalue weighted by molar-refractivity contribution is 0.0562. The summed E-state index contributed by atoms with van der Waals surface area (Å²) in [6.07, 6.45) is 0. The van der Waals surface area contributed by atoms with Crippen LogP contribution in [0, 0.1) is 6.92 Å². The van der Waals surface area contributed by atoms with Gasteiger partial charge in [-0.1, -0.05) is 39.0 Å². The second-order valence-corrected chi connectivity index (χ2v) is 13.9. The van der Waals surface area contributed by atoms with Gasteiger partial charge in [0.15, 0.2) is 0 Å². The first-order chi connectivity index (χ1) is 20.5. The van der Waals surface area contributed by atoms with Crippen LogP contribution in [-0.4, -0.2) is 47.5 Å². The van der Waals surface area contributed by atoms with Crippen LogP contribution in [-0.2, 0) is 15.5 Å². The van der Waals surface area contributed by atoms with E-state index in [1.54, 1.807) is 51.1 Å². The highest BCUT2D eigenvalue weighted by Crippen LogP contribution is 2.41. The van der Waals surface area contributed by atoms with Crippen LogP contribution in [0.4, 0.5) is 5.69 Å². The molecule has 0 saturated carbocycles. The summed E-state index contributed by atoms with van der Waals surface area (Å²) in [5.74, 6) is -2.18. The molecule has 10 heteroatoms. The van der Waals surface area contributed by atoms with Crippen LogP contribution < -0.4 is 4.90 Å². The highest BCUT2D eigenvalue weighted by atomic mass is 32.2. The van der Waals surface area contributed by atoms with Crippen molar-refractivity contribution >= 4 is 50.2 Å². The molecule has 1 N–H and O–H groups in total. The van der Waals surface area contributed by atoms with Gasteiger partial charge in [-0.25, -0.2) is 4.90 Å². The van der Waals surface area contributed by atoms with Gasteiger partial charge in [-0.05, 0) is 85.3 Å². The molecule has 4 aromatic carbocycles. The lowest BCUT2D eigenvalue weighted by atomic mass is 9.85. The molecule has 0 spiro atoms. The van der Waals surface area contributed by atoms with Crippen molar-refractivity contribution < 1.29 is 32.1 Å². The topological polar surface area (TPSA) is 129 Å². The van der Waals surface area contributed by atoms with Crippen molar-refractivity contribution in [3.05, 3.63) is 94.0 Å². The summed E-state index contributed by atoms with van der Waals surface area (Å²) < 4.78 is 34.9. The molecule has 0 fully saturated rings. The first-order valence-electron chi connectivity index (χ1n) is 14.1. The fourth-order valence-corrected chi connectivity index (χ4v) is 6.84. The molecule has 44 heavy (non-hydrogen) atoms. The minimum absolute atomic E-state index is 0.187. The number of benzene rings is 4. The van der Waals surface area contributed by atoms with Crippen molar-refractivity contribution in [2.24, 2.45) is 0 Å². The molecule has 0 unspecified atom stereocenters. The fraction of sp³-hybridized carbons (Fsp3) is 0.235. The van der Waals surface area contributed by atoms with E-state index in [1.807, 2.05) is 20.8 Å². The molecular formula is C34H30N2O7S. The van der Waals surface area contributed by atoms with Crippen LogP contribution in [0.3, 0.4) is 0 Å². The average Bonchev–Trinajstić information content (AvgIpc) is 2.93. The van der Waals surface area contributed by atoms with Crippen LogP contribution in [0.1, 0.15) is 87.2 Å². The van der Waals surface area contributed by atoms with Gasteiger partial charge in [0.2, 0.25) is 0 Å². The van der Waals surface area contributed by atoms with E-state index < -0.39 is 33.7 Å². The van der Waals surface area contributed by atoms with Crippen LogP contribution in [0.25, 0.3) is 21.9 Å². The number of rotatable bonds is 4. The first kappa shape index (κ1) is 29.4. The molecule has 0 aliphatic carbocycles. The molecule has 0 atom stereocenters. The maximum Gasteiger partial charge on any atom is 0.295 e. The Kier molecular flexibility index (Phi) is 6.46. The molecule has 0 saturated heterocycles. The van der Waals surface area contributed by atoms with Crippen LogP contribution >= 0.6 is 0 Å². The van der Waals surface area contributed by atoms with E-state index in [0.717, 1.165) is 10.5 Å². The van der Waals surface area contributed by atoms with Gasteiger partial charge in [0, 0.05) is 44.6 Å². The number of hydrogen-bond acceptors (Lipinski definition) is 6. The minimum Gasteiger partial charge on any atom is -0.282 e. The van der Waals surface area contributed by atoms with Gasteiger partial charge in [-0.3, -0.25) is 28.6 Å². The van der Waals surface area contributed by atoms with E-state index in [2.05, 4.69) is 0 Å². The van der Waals surface area contributed by atoms with Gasteiger partial charge >= 0.3 is 0 Å². The van der Waals surface area contributed by atoms with Gasteiger partial charge in [-0.15, -0.1) is 0 Å². The zero-order valence-corrected chi connectivity index (χ0v) is 25.9. The van der Waals surface area contributed by atoms with E-state index in [4.69, 9.17) is 0 Å². The van der Waals surface area contributed by atoms with E-state index in [9.17, 15) is 32.1 Å². The molecule has 0 aromatic heterocycles. The number of amides is 4. The summed E-state index contributed by atoms with van der Waals surface area (Å²) in [6.45, 7) is 11.0. The van der Waals surface area contributed by atoms with Gasteiger partial charge in [0.25, 0.3) is 33.7 Å². The summed E-state index contributed by atoms with van der Waals surface area (Å²) in [7, 11) is -4.58. The molecule has 2 aliphatic rings. The Balaban J connectivity index is 1.46. The minimum atomic E-state index is -4.58. The largest absolute Gasteiger partial charge is 0.295 e. The number of anilines is 1. The Bertz CT molecular complexity index is 2040. The highest BCUT2D eigenvalue weighted by Gasteiger charge is 2.41. The Morgan fingerprint density at radius 2 is 1.11 bits per heavy atom. The summed E-state index contributed by atoms with van der Waals surface area (Å²) >= 11 is 0. The van der Waals surface area contributed by atoms with Crippen molar-refractivity contribution in [3.63, 3.8) is 0 Å². The monoisotopic (exact) mass is 610 g/mol. The molecule has 4 aromatic rings. The number of aryl methyl sites for hydroxylation is 1. The summed E-state index contributed by atoms with van der Waals surface area (Å²) in [6, 6.07) is 15.4. The Morgan fingerprint density at radius 1 is 0.659 bits per heavy atom. The van der Waals surface area contributed by atoms with Gasteiger partial charge in [0.1, 0.15) is 4.90 Å². The van der Waals surface area contributed by atoms with Crippen molar-refractivity contribution in [2.45, 2.75) is 57.9 Å². The maximum atomic E-state index is 13.9. The predicted octanol–water partition coefficient (Wildman–Crippen LogP) is 6.16. The second kappa shape index (κ2) is 9.67. The molecule has 4 amide bonds. The Labute approximate surface area is 254 Å². The van der Waals surface area contributed by atoms with E-state index in [1.165, 1.54) is 35.2 Å². The Hall–Kier alpha value is -4.67. The predicted molar refractivity (Wildman–Crippen MR) is 166 cm³/mol. The molecule has 2 heterocycles. The lowest BCUT2D eigenvalue weighted by Crippen LogP contribution is -2.46. The summed E-state index contributed by atoms with van der Waals surface area (Å²) in [5.41, 5.74) is 2.88. The smallest absolute Gasteiger partial charge is 0.282 e. The molecule has 9 nitrogen and oxygen atoms in total. The van der Waals surface area contributed by atoms with Crippen molar-refractivity contribution in [1.82, 2.24) is 4.90 Å². The third-order valence-electron chi connectivity index (χ3n) is 8.33. The summed E-state index contributed by atoms with van der Waals surface area (Å²) in [4.78, 5) is 56.2. The SMILES string of the molecule is Cc1cc(N2C(=O)c3ccc4c5c(ccc(c35)C2=O)C(=O)N(C(C)C)C4=O)ccc1-c1ccc(C(C)(C)C)cc1S(=O)(=O)O. The third-order valence-corrected chi connectivity index (χ3v) is 9.22. The average molecular weight is 611 g/mol. The molecule has 6 rings (SSSR count). The number of nitrogens with zero attached hydrogens (tertiary/aromatic N) is 2. The number of carbonyl (C=O) groups excluding carboxylic acids is 4. The van der Waals surface area contributed by atoms with Crippen molar-refractivity contribution in [1.29, 1.82) is 0 Å². The lowest BCUT2D eigenvalue weighted by Gasteiger charge is -2.33. The van der Waals surface area contributed by atoms with Crippen LogP contribution in [0.2, 0.25) is 0 Å². The van der Waals surface area contributed by atoms with Crippen LogP contribution in [0.15, 0.2) is 65.6 Å². The molecule has 0 bridgehead atoms. The number of carbonyl (C=O) groups is 4. The Morgan fingerprint density at radius 3 is 1.55 bits per heavy atom. The van der Waals surface area contributed by atoms with Crippen LogP contribution in [0.5, 0.6) is 0 Å².